The summed E-state index contributed by atoms with van der Waals surface area (Å²) in [5.41, 5.74) is 0.572. The van der Waals surface area contributed by atoms with Gasteiger partial charge < -0.3 is 5.32 Å². The van der Waals surface area contributed by atoms with Gasteiger partial charge in [-0.25, -0.2) is 13.6 Å². The quantitative estimate of drug-likeness (QED) is 0.859. The third kappa shape index (κ3) is 4.53. The van der Waals surface area contributed by atoms with Gasteiger partial charge in [0.15, 0.2) is 0 Å². The molecule has 1 heterocycles. The van der Waals surface area contributed by atoms with Gasteiger partial charge in [0.1, 0.15) is 0 Å². The number of carbonyl (C=O) groups excluding carboxylic acids is 1. The van der Waals surface area contributed by atoms with Crippen molar-refractivity contribution >= 4 is 21.6 Å². The van der Waals surface area contributed by atoms with Crippen LogP contribution in [0.25, 0.3) is 0 Å². The van der Waals surface area contributed by atoms with Crippen molar-refractivity contribution in [2.75, 3.05) is 18.4 Å². The topological polar surface area (TPSA) is 92.5 Å². The molecule has 0 aromatic heterocycles. The third-order valence-corrected chi connectivity index (χ3v) is 4.96. The molecular weight excluding hydrogens is 302 g/mol. The van der Waals surface area contributed by atoms with Crippen LogP contribution in [0.3, 0.4) is 0 Å². The maximum Gasteiger partial charge on any atom is 0.238 e. The van der Waals surface area contributed by atoms with Crippen LogP contribution in [0.1, 0.15) is 32.6 Å². The maximum atomic E-state index is 12.1. The normalized spacial score (nSPS) is 19.8. The number of nitrogens with two attached hydrogens (primary N) is 1. The molecule has 6 nitrogen and oxygen atoms in total. The summed E-state index contributed by atoms with van der Waals surface area (Å²) >= 11 is 0. The Labute approximate surface area is 131 Å². The van der Waals surface area contributed by atoms with Crippen molar-refractivity contribution in [1.29, 1.82) is 0 Å². The van der Waals surface area contributed by atoms with Gasteiger partial charge in [-0.3, -0.25) is 9.69 Å². The molecule has 1 aliphatic rings. The second-order valence-corrected chi connectivity index (χ2v) is 7.21. The highest BCUT2D eigenvalue weighted by atomic mass is 32.2. The second-order valence-electron chi connectivity index (χ2n) is 5.65. The molecule has 1 aromatic rings. The van der Waals surface area contributed by atoms with Gasteiger partial charge in [-0.05, 0) is 50.1 Å². The lowest BCUT2D eigenvalue weighted by molar-refractivity contribution is -0.118. The zero-order valence-electron chi connectivity index (χ0n) is 12.8. The Morgan fingerprint density at radius 1 is 1.32 bits per heavy atom. The molecule has 0 saturated carbocycles. The monoisotopic (exact) mass is 325 g/mol. The van der Waals surface area contributed by atoms with E-state index in [1.165, 1.54) is 18.6 Å². The molecule has 1 aliphatic heterocycles. The summed E-state index contributed by atoms with van der Waals surface area (Å²) in [5, 5.41) is 7.84. The van der Waals surface area contributed by atoms with E-state index in [0.717, 1.165) is 25.8 Å². The minimum atomic E-state index is -3.70. The fourth-order valence-electron chi connectivity index (χ4n) is 2.84. The van der Waals surface area contributed by atoms with Crippen LogP contribution in [0.15, 0.2) is 29.2 Å². The van der Waals surface area contributed by atoms with Crippen LogP contribution in [0.5, 0.6) is 0 Å². The van der Waals surface area contributed by atoms with Crippen molar-refractivity contribution in [3.63, 3.8) is 0 Å². The lowest BCUT2D eigenvalue weighted by Gasteiger charge is -2.34. The van der Waals surface area contributed by atoms with E-state index >= 15 is 0 Å². The molecule has 1 atom stereocenters. The second kappa shape index (κ2) is 7.21. The van der Waals surface area contributed by atoms with E-state index in [0.29, 0.717) is 18.3 Å². The Kier molecular flexibility index (Phi) is 5.55. The number of hydrogen-bond acceptors (Lipinski definition) is 4. The number of nitrogens with one attached hydrogen (secondary N) is 1. The smallest absolute Gasteiger partial charge is 0.238 e. The van der Waals surface area contributed by atoms with Crippen molar-refractivity contribution in [3.8, 4) is 0 Å². The molecule has 2 rings (SSSR count). The number of hydrogen-bond donors (Lipinski definition) is 2. The van der Waals surface area contributed by atoms with E-state index < -0.39 is 10.0 Å². The fourth-order valence-corrected chi connectivity index (χ4v) is 3.36. The molecule has 1 aromatic carbocycles. The zero-order valence-corrected chi connectivity index (χ0v) is 13.6. The van der Waals surface area contributed by atoms with Crippen LogP contribution in [-0.2, 0) is 14.8 Å². The summed E-state index contributed by atoms with van der Waals surface area (Å²) in [5.74, 6) is -0.0799. The minimum absolute atomic E-state index is 0.0348. The number of amides is 1. The number of sulfonamides is 1. The standard InChI is InChI=1S/C15H23N3O3S/c1-2-13-5-3-4-10-18(13)11-15(19)17-12-6-8-14(9-7-12)22(16,20)21/h6-9,13H,2-5,10-11H2,1H3,(H,17,19)(H2,16,20,21)/t13-/m1/s1. The number of nitrogens with zero attached hydrogens (tertiary/aromatic N) is 1. The molecule has 0 bridgehead atoms. The van der Waals surface area contributed by atoms with E-state index in [9.17, 15) is 13.2 Å². The Bertz CT molecular complexity index is 613. The summed E-state index contributed by atoms with van der Waals surface area (Å²) in [6, 6.07) is 6.35. The predicted octanol–water partition coefficient (Wildman–Crippen LogP) is 1.54. The van der Waals surface area contributed by atoms with Crippen LogP contribution < -0.4 is 10.5 Å². The van der Waals surface area contributed by atoms with Gasteiger partial charge in [-0.2, -0.15) is 0 Å². The lowest BCUT2D eigenvalue weighted by atomic mass is 10.0. The predicted molar refractivity (Wildman–Crippen MR) is 85.9 cm³/mol. The Hall–Kier alpha value is -1.44. The zero-order chi connectivity index (χ0) is 16.2. The van der Waals surface area contributed by atoms with Crippen molar-refractivity contribution in [1.82, 2.24) is 4.90 Å². The van der Waals surface area contributed by atoms with Crippen LogP contribution in [0.4, 0.5) is 5.69 Å². The molecule has 1 fully saturated rings. The Morgan fingerprint density at radius 3 is 2.59 bits per heavy atom. The molecule has 0 spiro atoms. The fraction of sp³-hybridized carbons (Fsp3) is 0.533. The number of carbonyl (C=O) groups is 1. The van der Waals surface area contributed by atoms with E-state index in [1.54, 1.807) is 12.1 Å². The van der Waals surface area contributed by atoms with Gasteiger partial charge in [0, 0.05) is 11.7 Å². The highest BCUT2D eigenvalue weighted by Gasteiger charge is 2.22. The van der Waals surface area contributed by atoms with Crippen molar-refractivity contribution in [3.05, 3.63) is 24.3 Å². The lowest BCUT2D eigenvalue weighted by Crippen LogP contribution is -2.43. The third-order valence-electron chi connectivity index (χ3n) is 4.03. The van der Waals surface area contributed by atoms with Crippen molar-refractivity contribution < 1.29 is 13.2 Å². The van der Waals surface area contributed by atoms with Gasteiger partial charge in [-0.1, -0.05) is 13.3 Å². The molecule has 3 N–H and O–H groups in total. The van der Waals surface area contributed by atoms with Gasteiger partial charge >= 0.3 is 0 Å². The average molecular weight is 325 g/mol. The van der Waals surface area contributed by atoms with E-state index in [1.807, 2.05) is 0 Å². The maximum absolute atomic E-state index is 12.1. The van der Waals surface area contributed by atoms with Gasteiger partial charge in [0.25, 0.3) is 0 Å². The number of primary sulfonamides is 1. The molecule has 7 heteroatoms. The summed E-state index contributed by atoms with van der Waals surface area (Å²) in [7, 11) is -3.70. The van der Waals surface area contributed by atoms with Crippen molar-refractivity contribution in [2.24, 2.45) is 5.14 Å². The summed E-state index contributed by atoms with van der Waals surface area (Å²) in [4.78, 5) is 14.4. The molecular formula is C15H23N3O3S. The highest BCUT2D eigenvalue weighted by molar-refractivity contribution is 7.89. The molecule has 1 saturated heterocycles. The molecule has 22 heavy (non-hydrogen) atoms. The number of piperidine rings is 1. The number of likely N-dealkylation sites (tertiary alicyclic amines) is 1. The number of benzene rings is 1. The van der Waals surface area contributed by atoms with Gasteiger partial charge in [0.05, 0.1) is 11.4 Å². The van der Waals surface area contributed by atoms with Crippen molar-refractivity contribution in [2.45, 2.75) is 43.5 Å². The highest BCUT2D eigenvalue weighted by Crippen LogP contribution is 2.19. The first-order valence-corrected chi connectivity index (χ1v) is 9.11. The summed E-state index contributed by atoms with van der Waals surface area (Å²) in [6.45, 7) is 3.47. The average Bonchev–Trinajstić information content (AvgIpc) is 2.47. The Morgan fingerprint density at radius 2 is 2.00 bits per heavy atom. The first-order valence-electron chi connectivity index (χ1n) is 7.57. The molecule has 0 unspecified atom stereocenters. The molecule has 1 amide bonds. The summed E-state index contributed by atoms with van der Waals surface area (Å²) in [6.07, 6.45) is 4.56. The van der Waals surface area contributed by atoms with Gasteiger partial charge in [-0.15, -0.1) is 0 Å². The van der Waals surface area contributed by atoms with E-state index in [4.69, 9.17) is 5.14 Å². The van der Waals surface area contributed by atoms with Crippen LogP contribution in [0, 0.1) is 0 Å². The van der Waals surface area contributed by atoms with E-state index in [-0.39, 0.29) is 10.8 Å². The number of rotatable bonds is 5. The van der Waals surface area contributed by atoms with Crippen LogP contribution in [-0.4, -0.2) is 38.4 Å². The van der Waals surface area contributed by atoms with Crippen LogP contribution >= 0.6 is 0 Å². The first-order chi connectivity index (χ1) is 10.4. The minimum Gasteiger partial charge on any atom is -0.325 e. The Balaban J connectivity index is 1.94. The first kappa shape index (κ1) is 16.9. The van der Waals surface area contributed by atoms with Crippen LogP contribution in [0.2, 0.25) is 0 Å². The molecule has 122 valence electrons. The van der Waals surface area contributed by atoms with E-state index in [2.05, 4.69) is 17.1 Å². The largest absolute Gasteiger partial charge is 0.325 e. The number of anilines is 1. The molecule has 0 radical (unpaired) electrons. The molecule has 0 aliphatic carbocycles. The summed E-state index contributed by atoms with van der Waals surface area (Å²) < 4.78 is 22.4. The van der Waals surface area contributed by atoms with Gasteiger partial charge in [0.2, 0.25) is 15.9 Å². The SMILES string of the molecule is CC[C@@H]1CCCCN1CC(=O)Nc1ccc(S(N)(=O)=O)cc1.